The predicted molar refractivity (Wildman–Crippen MR) is 100 cm³/mol. The van der Waals surface area contributed by atoms with E-state index in [9.17, 15) is 0 Å². The van der Waals surface area contributed by atoms with Gasteiger partial charge in [0.2, 0.25) is 0 Å². The molecule has 5 heteroatoms. The van der Waals surface area contributed by atoms with Gasteiger partial charge >= 0.3 is 141 Å². The van der Waals surface area contributed by atoms with Crippen LogP contribution in [0.1, 0.15) is 46.5 Å². The first-order chi connectivity index (χ1) is 10.4. The van der Waals surface area contributed by atoms with Crippen LogP contribution in [-0.2, 0) is 17.1 Å². The molecule has 0 spiro atoms. The summed E-state index contributed by atoms with van der Waals surface area (Å²) in [5.74, 6) is 7.83. The fourth-order valence-corrected chi connectivity index (χ4v) is 59.2. The summed E-state index contributed by atoms with van der Waals surface area (Å²) in [6, 6.07) is 0. The molecule has 0 bridgehead atoms. The molecule has 0 amide bonds. The Kier molecular flexibility index (Phi) is 8.29. The summed E-state index contributed by atoms with van der Waals surface area (Å²) in [5.41, 5.74) is 0. The van der Waals surface area contributed by atoms with Crippen molar-refractivity contribution in [3.05, 3.63) is 21.5 Å². The molecule has 1 aliphatic carbocycles. The summed E-state index contributed by atoms with van der Waals surface area (Å²) in [5, 5.41) is 0. The van der Waals surface area contributed by atoms with E-state index in [1.807, 2.05) is 0 Å². The van der Waals surface area contributed by atoms with Gasteiger partial charge in [0, 0.05) is 0 Å². The second-order valence-electron chi connectivity index (χ2n) is 7.60. The first-order valence-electron chi connectivity index (χ1n) is 9.15. The molecular formula is C17H38GeN3Zr. The van der Waals surface area contributed by atoms with Crippen molar-refractivity contribution in [2.24, 2.45) is 0 Å². The van der Waals surface area contributed by atoms with Gasteiger partial charge in [0.15, 0.2) is 0 Å². The molecule has 0 radical (unpaired) electrons. The Balaban J connectivity index is 3.42. The summed E-state index contributed by atoms with van der Waals surface area (Å²) in [7, 11) is -2.09. The normalized spacial score (nSPS) is 17.4. The van der Waals surface area contributed by atoms with Gasteiger partial charge in [-0.3, -0.25) is 0 Å². The van der Waals surface area contributed by atoms with Crippen molar-refractivity contribution in [2.45, 2.75) is 63.7 Å². The SMILES string of the molecule is CCC[NH][Zr]([NH]CCC)([NH]CCC)([C]1=CC=CC1)[Ge]([CH3])([CH3])[CH3]. The van der Waals surface area contributed by atoms with Crippen molar-refractivity contribution in [1.29, 1.82) is 0 Å². The van der Waals surface area contributed by atoms with E-state index >= 15 is 0 Å². The molecule has 0 aromatic heterocycles. The fourth-order valence-electron chi connectivity index (χ4n) is 3.75. The van der Waals surface area contributed by atoms with Crippen LogP contribution in [0, 0.1) is 0 Å². The van der Waals surface area contributed by atoms with Gasteiger partial charge < -0.3 is 0 Å². The zero-order valence-electron chi connectivity index (χ0n) is 15.7. The molecule has 3 nitrogen and oxygen atoms in total. The Labute approximate surface area is 140 Å². The molecule has 1 aliphatic rings. The van der Waals surface area contributed by atoms with Gasteiger partial charge in [-0.2, -0.15) is 0 Å². The molecule has 129 valence electrons. The Hall–Kier alpha value is 0.786. The number of allylic oxidation sites excluding steroid dienone is 4. The molecule has 0 aromatic rings. The maximum absolute atomic E-state index is 4.21. The Morgan fingerprint density at radius 3 is 1.64 bits per heavy atom. The van der Waals surface area contributed by atoms with Crippen LogP contribution >= 0.6 is 0 Å². The van der Waals surface area contributed by atoms with E-state index in [0.717, 1.165) is 26.1 Å². The number of nitrogens with one attached hydrogen (secondary N) is 3. The van der Waals surface area contributed by atoms with Crippen LogP contribution in [0.25, 0.3) is 0 Å². The van der Waals surface area contributed by atoms with E-state index in [1.54, 1.807) is 3.28 Å². The number of hydrogen-bond acceptors (Lipinski definition) is 3. The molecule has 0 fully saturated rings. The zero-order chi connectivity index (χ0) is 16.7. The number of hydrogen-bond donors (Lipinski definition) is 3. The van der Waals surface area contributed by atoms with Crippen molar-refractivity contribution in [2.75, 3.05) is 19.6 Å². The van der Waals surface area contributed by atoms with Crippen LogP contribution in [0.4, 0.5) is 0 Å². The summed E-state index contributed by atoms with van der Waals surface area (Å²) in [6.45, 7) is 10.2. The monoisotopic (exact) mass is 448 g/mol. The van der Waals surface area contributed by atoms with Gasteiger partial charge in [-0.15, -0.1) is 0 Å². The van der Waals surface area contributed by atoms with Crippen molar-refractivity contribution >= 4 is 9.48 Å². The van der Waals surface area contributed by atoms with Gasteiger partial charge in [0.1, 0.15) is 0 Å². The second kappa shape index (κ2) is 8.76. The number of rotatable bonds is 11. The molecular weight excluding hydrogens is 410 g/mol. The van der Waals surface area contributed by atoms with Gasteiger partial charge in [-0.1, -0.05) is 0 Å². The molecule has 3 N–H and O–H groups in total. The standard InChI is InChI=1S/C5H5.C3H9Ge.3C3H8N.Zr/c1-2-4-5-3-1;1-4(2)3;3*1-2-3-4;/h1-3H,4H2;1-3H3;3*4H,2-3H2,1H3;/q;;3*-1;+3. The third-order valence-corrected chi connectivity index (χ3v) is 71.4. The molecule has 0 atom stereocenters. The van der Waals surface area contributed by atoms with E-state index < -0.39 is 26.6 Å². The summed E-state index contributed by atoms with van der Waals surface area (Å²) in [4.78, 5) is 0. The van der Waals surface area contributed by atoms with E-state index in [0.29, 0.717) is 0 Å². The predicted octanol–water partition coefficient (Wildman–Crippen LogP) is 4.10. The molecule has 0 aliphatic heterocycles. The van der Waals surface area contributed by atoms with Gasteiger partial charge in [0.25, 0.3) is 0 Å². The minimum absolute atomic E-state index is 1.12. The second-order valence-corrected chi connectivity index (χ2v) is 58.9. The van der Waals surface area contributed by atoms with Crippen molar-refractivity contribution in [3.63, 3.8) is 0 Å². The molecule has 22 heavy (non-hydrogen) atoms. The first-order valence-corrected chi connectivity index (χ1v) is 27.8. The van der Waals surface area contributed by atoms with E-state index in [-0.39, 0.29) is 0 Å². The summed E-state index contributed by atoms with van der Waals surface area (Å²) in [6.07, 6.45) is 11.8. The zero-order valence-corrected chi connectivity index (χ0v) is 20.2. The molecule has 0 aromatic carbocycles. The van der Waals surface area contributed by atoms with Crippen LogP contribution in [-0.4, -0.2) is 29.1 Å². The maximum atomic E-state index is 4.21. The molecule has 0 saturated heterocycles. The summed E-state index contributed by atoms with van der Waals surface area (Å²) >= 11 is -3.57. The van der Waals surface area contributed by atoms with E-state index in [2.05, 4.69) is 66.0 Å². The first kappa shape index (κ1) is 20.8. The van der Waals surface area contributed by atoms with Crippen LogP contribution < -0.4 is 9.78 Å². The van der Waals surface area contributed by atoms with Crippen molar-refractivity contribution in [3.8, 4) is 0 Å². The van der Waals surface area contributed by atoms with Crippen LogP contribution in [0.3, 0.4) is 0 Å². The molecule has 0 unspecified atom stereocenters. The Morgan fingerprint density at radius 2 is 1.36 bits per heavy atom. The van der Waals surface area contributed by atoms with E-state index in [1.165, 1.54) is 19.3 Å². The fraction of sp³-hybridized carbons (Fsp3) is 0.765. The topological polar surface area (TPSA) is 36.1 Å². The van der Waals surface area contributed by atoms with Gasteiger partial charge in [-0.05, 0) is 0 Å². The average Bonchev–Trinajstić information content (AvgIpc) is 3.01. The minimum atomic E-state index is -3.57. The van der Waals surface area contributed by atoms with Gasteiger partial charge in [-0.25, -0.2) is 0 Å². The molecule has 1 rings (SSSR count). The Bertz CT molecular complexity index is 388. The average molecular weight is 448 g/mol. The van der Waals surface area contributed by atoms with Crippen molar-refractivity contribution < 1.29 is 17.1 Å². The third kappa shape index (κ3) is 3.88. The molecule has 0 heterocycles. The quantitative estimate of drug-likeness (QED) is 0.417. The van der Waals surface area contributed by atoms with Crippen LogP contribution in [0.2, 0.25) is 17.3 Å². The van der Waals surface area contributed by atoms with Crippen LogP contribution in [0.15, 0.2) is 21.5 Å². The van der Waals surface area contributed by atoms with Crippen molar-refractivity contribution in [1.82, 2.24) is 9.78 Å². The third-order valence-electron chi connectivity index (χ3n) is 5.10. The Morgan fingerprint density at radius 1 is 0.909 bits per heavy atom. The van der Waals surface area contributed by atoms with Crippen LogP contribution in [0.5, 0.6) is 0 Å². The van der Waals surface area contributed by atoms with Gasteiger partial charge in [0.05, 0.1) is 0 Å². The van der Waals surface area contributed by atoms with E-state index in [4.69, 9.17) is 0 Å². The summed E-state index contributed by atoms with van der Waals surface area (Å²) < 4.78 is 14.3. The molecule has 0 saturated carbocycles.